The van der Waals surface area contributed by atoms with Crippen LogP contribution in [0.25, 0.3) is 16.6 Å². The van der Waals surface area contributed by atoms with E-state index in [-0.39, 0.29) is 17.0 Å². The molecule has 6 nitrogen and oxygen atoms in total. The lowest BCUT2D eigenvalue weighted by Gasteiger charge is -2.25. The van der Waals surface area contributed by atoms with Gasteiger partial charge in [-0.15, -0.1) is 0 Å². The van der Waals surface area contributed by atoms with E-state index < -0.39 is 23.8 Å². The molecule has 1 atom stereocenters. The molecule has 0 saturated heterocycles. The Labute approximate surface area is 194 Å². The van der Waals surface area contributed by atoms with Gasteiger partial charge in [-0.3, -0.25) is 14.2 Å². The van der Waals surface area contributed by atoms with Gasteiger partial charge in [0.15, 0.2) is 0 Å². The van der Waals surface area contributed by atoms with Crippen LogP contribution < -0.4 is 10.9 Å². The van der Waals surface area contributed by atoms with Gasteiger partial charge in [0.1, 0.15) is 11.5 Å². The maximum Gasteiger partial charge on any atom is 0.266 e. The van der Waals surface area contributed by atoms with Crippen LogP contribution in [-0.4, -0.2) is 33.4 Å². The number of fused-ring (bicyclic) bond motifs is 1. The van der Waals surface area contributed by atoms with Crippen molar-refractivity contribution in [1.82, 2.24) is 14.5 Å². The first-order valence-corrected chi connectivity index (χ1v) is 11.0. The summed E-state index contributed by atoms with van der Waals surface area (Å²) in [6.45, 7) is 4.15. The van der Waals surface area contributed by atoms with Crippen LogP contribution in [0, 0.1) is 5.82 Å². The highest BCUT2D eigenvalue weighted by Gasteiger charge is 2.22. The number of rotatable bonds is 5. The van der Waals surface area contributed by atoms with E-state index in [0.717, 1.165) is 11.6 Å². The number of alkyl halides is 2. The molecule has 1 aliphatic rings. The molecule has 178 valence electrons. The molecule has 34 heavy (non-hydrogen) atoms. The van der Waals surface area contributed by atoms with Crippen LogP contribution in [0.5, 0.6) is 0 Å². The number of benzene rings is 1. The number of aryl methyl sites for hydroxylation is 1. The number of anilines is 1. The molecule has 1 aliphatic heterocycles. The van der Waals surface area contributed by atoms with Gasteiger partial charge in [-0.2, -0.15) is 0 Å². The smallest absolute Gasteiger partial charge is 0.266 e. The number of nitrogens with zero attached hydrogens (tertiary/aromatic N) is 3. The second kappa shape index (κ2) is 9.32. The molecule has 0 unspecified atom stereocenters. The Kier molecular flexibility index (Phi) is 6.45. The van der Waals surface area contributed by atoms with E-state index in [1.165, 1.54) is 29.8 Å². The second-order valence-corrected chi connectivity index (χ2v) is 8.38. The minimum absolute atomic E-state index is 0.0190. The number of carbonyl (C=O) groups is 1. The molecule has 0 aliphatic carbocycles. The van der Waals surface area contributed by atoms with E-state index in [0.29, 0.717) is 41.8 Å². The third-order valence-electron chi connectivity index (χ3n) is 6.24. The van der Waals surface area contributed by atoms with Gasteiger partial charge < -0.3 is 10.2 Å². The van der Waals surface area contributed by atoms with Crippen LogP contribution in [-0.2, 0) is 11.8 Å². The highest BCUT2D eigenvalue weighted by molar-refractivity contribution is 5.91. The van der Waals surface area contributed by atoms with Crippen LogP contribution in [0.2, 0.25) is 0 Å². The number of carbonyl (C=O) groups excluding carboxylic acids is 1. The normalized spacial score (nSPS) is 14.9. The van der Waals surface area contributed by atoms with Crippen molar-refractivity contribution in [1.29, 1.82) is 0 Å². The molecule has 0 saturated carbocycles. The number of nitrogens with one attached hydrogen (secondary N) is 1. The molecule has 0 spiro atoms. The summed E-state index contributed by atoms with van der Waals surface area (Å²) < 4.78 is 42.4. The molecule has 9 heteroatoms. The first-order chi connectivity index (χ1) is 16.2. The predicted octanol–water partition coefficient (Wildman–Crippen LogP) is 4.82. The quantitative estimate of drug-likeness (QED) is 0.581. The first-order valence-electron chi connectivity index (χ1n) is 11.0. The van der Waals surface area contributed by atoms with Crippen molar-refractivity contribution >= 4 is 28.2 Å². The van der Waals surface area contributed by atoms with Gasteiger partial charge in [-0.1, -0.05) is 24.3 Å². The zero-order chi connectivity index (χ0) is 24.6. The van der Waals surface area contributed by atoms with Crippen LogP contribution in [0.1, 0.15) is 49.4 Å². The van der Waals surface area contributed by atoms with Crippen LogP contribution in [0.3, 0.4) is 0 Å². The maximum absolute atomic E-state index is 14.7. The molecule has 3 heterocycles. The number of amides is 1. The second-order valence-electron chi connectivity index (χ2n) is 8.38. The minimum atomic E-state index is -2.91. The van der Waals surface area contributed by atoms with Crippen molar-refractivity contribution < 1.29 is 18.0 Å². The molecular weight excluding hydrogens is 445 g/mol. The molecular formula is C25H25F3N4O2. The summed E-state index contributed by atoms with van der Waals surface area (Å²) >= 11 is 0. The van der Waals surface area contributed by atoms with Crippen molar-refractivity contribution in [2.45, 2.75) is 32.7 Å². The molecule has 2 aromatic heterocycles. The number of hydrogen-bond acceptors (Lipinski definition) is 4. The molecule has 1 aromatic carbocycles. The fourth-order valence-electron chi connectivity index (χ4n) is 4.29. The predicted molar refractivity (Wildman–Crippen MR) is 125 cm³/mol. The van der Waals surface area contributed by atoms with E-state index in [9.17, 15) is 22.8 Å². The number of halogens is 3. The molecule has 0 bridgehead atoms. The van der Waals surface area contributed by atoms with E-state index >= 15 is 0 Å². The van der Waals surface area contributed by atoms with Gasteiger partial charge >= 0.3 is 0 Å². The molecule has 0 radical (unpaired) electrons. The summed E-state index contributed by atoms with van der Waals surface area (Å²) in [6, 6.07) is 6.78. The summed E-state index contributed by atoms with van der Waals surface area (Å²) in [5, 5.41) is 3.84. The van der Waals surface area contributed by atoms with Crippen molar-refractivity contribution in [3.8, 4) is 0 Å². The maximum atomic E-state index is 14.7. The van der Waals surface area contributed by atoms with Crippen molar-refractivity contribution in [3.05, 3.63) is 75.5 Å². The highest BCUT2D eigenvalue weighted by atomic mass is 19.3. The highest BCUT2D eigenvalue weighted by Crippen LogP contribution is 2.31. The largest absolute Gasteiger partial charge is 0.378 e. The third-order valence-corrected chi connectivity index (χ3v) is 6.24. The fourth-order valence-corrected chi connectivity index (χ4v) is 4.29. The summed E-state index contributed by atoms with van der Waals surface area (Å²) in [5.41, 5.74) is 1.66. The zero-order valence-electron chi connectivity index (χ0n) is 19.1. The van der Waals surface area contributed by atoms with Gasteiger partial charge in [-0.25, -0.2) is 18.2 Å². The van der Waals surface area contributed by atoms with E-state index in [4.69, 9.17) is 0 Å². The standard InChI is InChI=1S/C25H25F3N4O2/c1-14(17-5-4-6-18(22(17)26)23(27)28)30-21-7-10-29-24-20(21)13-19(25(34)31(24)3)16-8-11-32(12-9-16)15(2)33/h4-8,10,13-14,23H,9,11-12H2,1-3H3,(H,29,30)/t14-/m1/s1. The first kappa shape index (κ1) is 23.5. The number of hydrogen-bond donors (Lipinski definition) is 1. The zero-order valence-corrected chi connectivity index (χ0v) is 19.1. The minimum Gasteiger partial charge on any atom is -0.378 e. The lowest BCUT2D eigenvalue weighted by Crippen LogP contribution is -2.33. The molecule has 4 rings (SSSR count). The van der Waals surface area contributed by atoms with Gasteiger partial charge in [0.2, 0.25) is 5.91 Å². The molecule has 3 aromatic rings. The molecule has 1 N–H and O–H groups in total. The van der Waals surface area contributed by atoms with Gasteiger partial charge in [0.05, 0.1) is 11.6 Å². The van der Waals surface area contributed by atoms with Crippen LogP contribution in [0.4, 0.5) is 18.9 Å². The van der Waals surface area contributed by atoms with Gasteiger partial charge in [0, 0.05) is 55.5 Å². The average molecular weight is 470 g/mol. The topological polar surface area (TPSA) is 67.2 Å². The van der Waals surface area contributed by atoms with Crippen LogP contribution in [0.15, 0.2) is 47.4 Å². The lowest BCUT2D eigenvalue weighted by atomic mass is 9.99. The van der Waals surface area contributed by atoms with Gasteiger partial charge in [-0.05, 0) is 31.1 Å². The average Bonchev–Trinajstić information content (AvgIpc) is 2.81. The lowest BCUT2D eigenvalue weighted by molar-refractivity contribution is -0.128. The van der Waals surface area contributed by atoms with Gasteiger partial charge in [0.25, 0.3) is 12.0 Å². The Bertz CT molecular complexity index is 1350. The SMILES string of the molecule is CC(=O)N1CC=C(c2cc3c(N[C@H](C)c4cccc(C(F)F)c4F)ccnc3n(C)c2=O)CC1. The van der Waals surface area contributed by atoms with E-state index in [1.54, 1.807) is 31.0 Å². The number of aromatic nitrogens is 2. The molecule has 0 fully saturated rings. The molecule has 1 amide bonds. The Balaban J connectivity index is 1.75. The summed E-state index contributed by atoms with van der Waals surface area (Å²) in [7, 11) is 1.63. The third kappa shape index (κ3) is 4.30. The monoisotopic (exact) mass is 470 g/mol. The Morgan fingerprint density at radius 3 is 2.59 bits per heavy atom. The summed E-state index contributed by atoms with van der Waals surface area (Å²) in [5.74, 6) is -0.958. The van der Waals surface area contributed by atoms with E-state index in [2.05, 4.69) is 10.3 Å². The van der Waals surface area contributed by atoms with Crippen molar-refractivity contribution in [3.63, 3.8) is 0 Å². The van der Waals surface area contributed by atoms with Crippen LogP contribution >= 0.6 is 0 Å². The Hall–Kier alpha value is -3.62. The Morgan fingerprint density at radius 1 is 1.21 bits per heavy atom. The van der Waals surface area contributed by atoms with E-state index in [1.807, 2.05) is 6.08 Å². The van der Waals surface area contributed by atoms with Crippen molar-refractivity contribution in [2.75, 3.05) is 18.4 Å². The number of pyridine rings is 2. The van der Waals surface area contributed by atoms with Crippen molar-refractivity contribution in [2.24, 2.45) is 7.05 Å². The summed E-state index contributed by atoms with van der Waals surface area (Å²) in [4.78, 5) is 30.7. The fraction of sp³-hybridized carbons (Fsp3) is 0.320. The summed E-state index contributed by atoms with van der Waals surface area (Å²) in [6.07, 6.45) is 1.05. The Morgan fingerprint density at radius 2 is 1.94 bits per heavy atom.